The molecule has 1 heterocycles. The predicted octanol–water partition coefficient (Wildman–Crippen LogP) is 11.6. The Morgan fingerprint density at radius 3 is 1.95 bits per heavy atom. The van der Waals surface area contributed by atoms with Crippen LogP contribution in [0.1, 0.15) is 88.8 Å². The van der Waals surface area contributed by atoms with Crippen LogP contribution >= 0.6 is 0 Å². The van der Waals surface area contributed by atoms with Crippen molar-refractivity contribution in [2.24, 2.45) is 5.41 Å². The molecule has 5 aromatic rings. The van der Waals surface area contributed by atoms with Gasteiger partial charge in [0.15, 0.2) is 0 Å². The third kappa shape index (κ3) is 6.25. The van der Waals surface area contributed by atoms with Crippen molar-refractivity contribution in [3.05, 3.63) is 119 Å². The Kier molecular flexibility index (Phi) is 8.27. The first-order chi connectivity index (χ1) is 20.3. The van der Waals surface area contributed by atoms with E-state index in [4.69, 9.17) is 4.98 Å². The topological polar surface area (TPSA) is 17.8 Å². The van der Waals surface area contributed by atoms with E-state index < -0.39 is 0 Å². The van der Waals surface area contributed by atoms with Crippen LogP contribution in [0.2, 0.25) is 0 Å². The van der Waals surface area contributed by atoms with E-state index >= 15 is 0 Å². The fraction of sp³-hybridized carbons (Fsp3) is 0.341. The number of aromatic nitrogens is 2. The molecule has 0 saturated heterocycles. The smallest absolute Gasteiger partial charge is 0.144 e. The number of hydrogen-bond donors (Lipinski definition) is 0. The van der Waals surface area contributed by atoms with Gasteiger partial charge in [-0.25, -0.2) is 4.98 Å². The average Bonchev–Trinajstić information content (AvgIpc) is 3.39. The summed E-state index contributed by atoms with van der Waals surface area (Å²) in [5, 5.41) is 0. The van der Waals surface area contributed by atoms with Gasteiger partial charge in [0.25, 0.3) is 0 Å². The van der Waals surface area contributed by atoms with Crippen LogP contribution in [0.15, 0.2) is 91.1 Å². The lowest BCUT2D eigenvalue weighted by atomic mass is 9.74. The van der Waals surface area contributed by atoms with Gasteiger partial charge < -0.3 is 0 Å². The van der Waals surface area contributed by atoms with Crippen LogP contribution in [0.4, 0.5) is 0 Å². The van der Waals surface area contributed by atoms with E-state index in [2.05, 4.69) is 165 Å². The maximum absolute atomic E-state index is 5.23. The van der Waals surface area contributed by atoms with Gasteiger partial charge in [0.1, 0.15) is 5.82 Å². The number of benzene rings is 4. The van der Waals surface area contributed by atoms with E-state index in [1.165, 1.54) is 55.9 Å². The van der Waals surface area contributed by atoms with Crippen molar-refractivity contribution in [2.75, 3.05) is 0 Å². The average molecular weight is 569 g/mol. The minimum absolute atomic E-state index is 0.0966. The Labute approximate surface area is 259 Å². The van der Waals surface area contributed by atoms with Crippen molar-refractivity contribution < 1.29 is 0 Å². The first-order valence-electron chi connectivity index (χ1n) is 15.7. The maximum Gasteiger partial charge on any atom is 0.144 e. The molecule has 0 bridgehead atoms. The molecule has 2 heteroatoms. The second-order valence-corrected chi connectivity index (χ2v) is 14.5. The molecule has 0 spiro atoms. The molecule has 222 valence electrons. The number of imidazole rings is 1. The Hall–Kier alpha value is -3.91. The SMILES string of the molecule is Cc1ccc(-c2ncc(C(C)(C)CC(C)(C)C)n2-c2cc(-c3ccccc3)ccc2C(C)C)cc1-c1c(C)cccc1C. The summed E-state index contributed by atoms with van der Waals surface area (Å²) in [5.74, 6) is 1.36. The zero-order valence-electron chi connectivity index (χ0n) is 27.8. The summed E-state index contributed by atoms with van der Waals surface area (Å²) in [4.78, 5) is 5.23. The van der Waals surface area contributed by atoms with Gasteiger partial charge in [-0.15, -0.1) is 0 Å². The zero-order valence-corrected chi connectivity index (χ0v) is 27.8. The van der Waals surface area contributed by atoms with Crippen molar-refractivity contribution in [1.82, 2.24) is 9.55 Å². The van der Waals surface area contributed by atoms with E-state index in [9.17, 15) is 0 Å². The molecule has 4 aromatic carbocycles. The van der Waals surface area contributed by atoms with Gasteiger partial charge in [0.2, 0.25) is 0 Å². The van der Waals surface area contributed by atoms with Crippen LogP contribution < -0.4 is 0 Å². The summed E-state index contributed by atoms with van der Waals surface area (Å²) in [5.41, 5.74) is 13.9. The van der Waals surface area contributed by atoms with Crippen molar-refractivity contribution in [2.45, 2.75) is 87.0 Å². The van der Waals surface area contributed by atoms with Crippen molar-refractivity contribution in [3.8, 4) is 39.3 Å². The maximum atomic E-state index is 5.23. The highest BCUT2D eigenvalue weighted by Gasteiger charge is 2.33. The molecule has 5 rings (SSSR count). The lowest BCUT2D eigenvalue weighted by molar-refractivity contribution is 0.278. The Morgan fingerprint density at radius 2 is 1.33 bits per heavy atom. The molecule has 0 aliphatic carbocycles. The molecular formula is C41H48N2. The minimum Gasteiger partial charge on any atom is -0.296 e. The van der Waals surface area contributed by atoms with Crippen LogP contribution in [0.5, 0.6) is 0 Å². The largest absolute Gasteiger partial charge is 0.296 e. The Bertz CT molecular complexity index is 1720. The number of rotatable bonds is 7. The highest BCUT2D eigenvalue weighted by Crippen LogP contribution is 2.42. The first kappa shape index (κ1) is 30.5. The zero-order chi connectivity index (χ0) is 31.1. The summed E-state index contributed by atoms with van der Waals surface area (Å²) >= 11 is 0. The standard InChI is InChI=1S/C41H48N2/c1-27(2)34-22-21-32(31-17-12-11-13-18-31)24-36(34)43-37(41(9,10)26-40(6,7)8)25-42-39(43)33-20-19-28(3)35(23-33)38-29(4)15-14-16-30(38)5/h11-25,27H,26H2,1-10H3. The normalized spacial score (nSPS) is 12.3. The van der Waals surface area contributed by atoms with Crippen LogP contribution in [0.25, 0.3) is 39.3 Å². The number of nitrogens with zero attached hydrogens (tertiary/aromatic N) is 2. The summed E-state index contributed by atoms with van der Waals surface area (Å²) < 4.78 is 2.48. The lowest BCUT2D eigenvalue weighted by Gasteiger charge is -2.34. The number of aryl methyl sites for hydroxylation is 3. The third-order valence-electron chi connectivity index (χ3n) is 8.67. The number of hydrogen-bond acceptors (Lipinski definition) is 1. The summed E-state index contributed by atoms with van der Waals surface area (Å²) in [6, 6.07) is 31.2. The Balaban J connectivity index is 1.82. The van der Waals surface area contributed by atoms with Crippen LogP contribution in [0.3, 0.4) is 0 Å². The Morgan fingerprint density at radius 1 is 0.674 bits per heavy atom. The highest BCUT2D eigenvalue weighted by molar-refractivity contribution is 5.78. The van der Waals surface area contributed by atoms with Crippen LogP contribution in [0, 0.1) is 26.2 Å². The fourth-order valence-electron chi connectivity index (χ4n) is 7.00. The summed E-state index contributed by atoms with van der Waals surface area (Å²) in [6.45, 7) is 23.0. The monoisotopic (exact) mass is 568 g/mol. The molecule has 43 heavy (non-hydrogen) atoms. The second kappa shape index (κ2) is 11.6. The molecule has 0 atom stereocenters. The first-order valence-corrected chi connectivity index (χ1v) is 15.7. The van der Waals surface area contributed by atoms with Gasteiger partial charge >= 0.3 is 0 Å². The van der Waals surface area contributed by atoms with Gasteiger partial charge in [-0.2, -0.15) is 0 Å². The van der Waals surface area contributed by atoms with Crippen LogP contribution in [-0.4, -0.2) is 9.55 Å². The molecule has 0 amide bonds. The quantitative estimate of drug-likeness (QED) is 0.191. The molecule has 0 radical (unpaired) electrons. The van der Waals surface area contributed by atoms with E-state index in [0.29, 0.717) is 5.92 Å². The van der Waals surface area contributed by atoms with E-state index in [1.54, 1.807) is 0 Å². The van der Waals surface area contributed by atoms with Gasteiger partial charge in [0, 0.05) is 22.9 Å². The molecular weight excluding hydrogens is 520 g/mol. The molecule has 0 saturated carbocycles. The third-order valence-corrected chi connectivity index (χ3v) is 8.67. The van der Waals surface area contributed by atoms with Crippen molar-refractivity contribution in [1.29, 1.82) is 0 Å². The van der Waals surface area contributed by atoms with E-state index in [-0.39, 0.29) is 10.8 Å². The molecule has 0 fully saturated rings. The summed E-state index contributed by atoms with van der Waals surface area (Å²) in [7, 11) is 0. The van der Waals surface area contributed by atoms with Crippen molar-refractivity contribution in [3.63, 3.8) is 0 Å². The fourth-order valence-corrected chi connectivity index (χ4v) is 7.00. The highest BCUT2D eigenvalue weighted by atomic mass is 15.1. The molecule has 0 unspecified atom stereocenters. The van der Waals surface area contributed by atoms with Gasteiger partial charge in [0.05, 0.1) is 5.69 Å². The molecule has 2 nitrogen and oxygen atoms in total. The predicted molar refractivity (Wildman–Crippen MR) is 185 cm³/mol. The van der Waals surface area contributed by atoms with E-state index in [0.717, 1.165) is 17.8 Å². The van der Waals surface area contributed by atoms with E-state index in [1.807, 2.05) is 0 Å². The lowest BCUT2D eigenvalue weighted by Crippen LogP contribution is -2.27. The van der Waals surface area contributed by atoms with Gasteiger partial charge in [-0.3, -0.25) is 4.57 Å². The van der Waals surface area contributed by atoms with Crippen molar-refractivity contribution >= 4 is 0 Å². The second-order valence-electron chi connectivity index (χ2n) is 14.5. The molecule has 1 aromatic heterocycles. The van der Waals surface area contributed by atoms with Gasteiger partial charge in [-0.05, 0) is 95.2 Å². The molecule has 0 aliphatic heterocycles. The van der Waals surface area contributed by atoms with Gasteiger partial charge in [-0.1, -0.05) is 121 Å². The minimum atomic E-state index is -0.0966. The molecule has 0 aliphatic rings. The van der Waals surface area contributed by atoms with Crippen LogP contribution in [-0.2, 0) is 5.41 Å². The summed E-state index contributed by atoms with van der Waals surface area (Å²) in [6.07, 6.45) is 3.18. The molecule has 0 N–H and O–H groups in total.